The van der Waals surface area contributed by atoms with Gasteiger partial charge in [-0.15, -0.1) is 21.5 Å². The molecule has 11 heteroatoms. The Labute approximate surface area is 218 Å². The molecule has 1 amide bonds. The minimum Gasteiger partial charge on any atom is -0.370 e. The number of hydrogen-bond donors (Lipinski definition) is 1. The first-order valence-corrected chi connectivity index (χ1v) is 14.6. The molecule has 0 radical (unpaired) electrons. The fraction of sp³-hybridized carbons (Fsp3) is 0.391. The maximum atomic E-state index is 12.6. The number of aromatic nitrogens is 4. The van der Waals surface area contributed by atoms with Crippen molar-refractivity contribution in [1.82, 2.24) is 19.6 Å². The van der Waals surface area contributed by atoms with Crippen molar-refractivity contribution < 1.29 is 9.53 Å². The highest BCUT2D eigenvalue weighted by atomic mass is 79.9. The maximum Gasteiger partial charge on any atom is 0.234 e. The van der Waals surface area contributed by atoms with E-state index in [0.717, 1.165) is 49.8 Å². The number of fused-ring (bicyclic) bond motifs is 5. The summed E-state index contributed by atoms with van der Waals surface area (Å²) in [7, 11) is 0. The Kier molecular flexibility index (Phi) is 6.91. The standard InChI is InChI=1S/C23H24BrN5O2S3/c1-4-9-32-21-26-20-18(15-10-23(2,3)31-11-16(15)34-20)19-27-28-22(29(19)21)33-12-17(30)25-14-7-5-13(24)6-8-14/h5-8H,4,9-12H2,1-3H3,(H,25,30). The topological polar surface area (TPSA) is 81.4 Å². The summed E-state index contributed by atoms with van der Waals surface area (Å²) in [6.07, 6.45) is 1.85. The summed E-state index contributed by atoms with van der Waals surface area (Å²) in [5.74, 6) is 1.09. The monoisotopic (exact) mass is 577 g/mol. The number of hydrogen-bond acceptors (Lipinski definition) is 8. The SMILES string of the molecule is CCCSc1nc2sc3c(c2c2nnc(SCC(=O)Nc4ccc(Br)cc4)n12)CC(C)(C)OC3. The Morgan fingerprint density at radius 2 is 2.03 bits per heavy atom. The van der Waals surface area contributed by atoms with E-state index >= 15 is 0 Å². The number of thiophene rings is 1. The van der Waals surface area contributed by atoms with E-state index in [1.807, 2.05) is 28.7 Å². The van der Waals surface area contributed by atoms with Crippen LogP contribution in [0.2, 0.25) is 0 Å². The second kappa shape index (κ2) is 9.77. The zero-order valence-corrected chi connectivity index (χ0v) is 23.1. The summed E-state index contributed by atoms with van der Waals surface area (Å²) in [5.41, 5.74) is 2.61. The van der Waals surface area contributed by atoms with Gasteiger partial charge in [-0.1, -0.05) is 46.4 Å². The average Bonchev–Trinajstić information content (AvgIpc) is 3.38. The van der Waals surface area contributed by atoms with Gasteiger partial charge in [0.15, 0.2) is 16.0 Å². The molecule has 0 atom stereocenters. The van der Waals surface area contributed by atoms with Crippen molar-refractivity contribution in [1.29, 1.82) is 0 Å². The van der Waals surface area contributed by atoms with E-state index in [1.165, 1.54) is 22.2 Å². The van der Waals surface area contributed by atoms with Crippen LogP contribution in [0.3, 0.4) is 0 Å². The predicted molar refractivity (Wildman–Crippen MR) is 143 cm³/mol. The molecule has 0 bridgehead atoms. The van der Waals surface area contributed by atoms with Crippen molar-refractivity contribution in [3.8, 4) is 0 Å². The van der Waals surface area contributed by atoms with Crippen molar-refractivity contribution in [3.63, 3.8) is 0 Å². The van der Waals surface area contributed by atoms with E-state index in [9.17, 15) is 4.79 Å². The molecule has 1 aromatic carbocycles. The molecule has 4 aromatic rings. The van der Waals surface area contributed by atoms with Crippen LogP contribution in [0.5, 0.6) is 0 Å². The van der Waals surface area contributed by atoms with Gasteiger partial charge in [0.25, 0.3) is 0 Å². The number of nitrogens with zero attached hydrogens (tertiary/aromatic N) is 4. The molecule has 1 aliphatic heterocycles. The Hall–Kier alpha value is -1.66. The van der Waals surface area contributed by atoms with Crippen LogP contribution >= 0.6 is 50.8 Å². The quantitative estimate of drug-likeness (QED) is 0.207. The van der Waals surface area contributed by atoms with Gasteiger partial charge in [0, 0.05) is 27.2 Å². The van der Waals surface area contributed by atoms with Gasteiger partial charge in [-0.3, -0.25) is 4.79 Å². The van der Waals surface area contributed by atoms with Crippen LogP contribution in [0.4, 0.5) is 5.69 Å². The fourth-order valence-electron chi connectivity index (χ4n) is 3.83. The summed E-state index contributed by atoms with van der Waals surface area (Å²) in [6.45, 7) is 6.98. The van der Waals surface area contributed by atoms with E-state index in [2.05, 4.69) is 52.2 Å². The third-order valence-corrected chi connectivity index (χ3v) is 9.11. The van der Waals surface area contributed by atoms with Gasteiger partial charge >= 0.3 is 0 Å². The van der Waals surface area contributed by atoms with E-state index in [1.54, 1.807) is 23.1 Å². The molecule has 7 nitrogen and oxygen atoms in total. The van der Waals surface area contributed by atoms with E-state index in [0.29, 0.717) is 11.8 Å². The molecule has 0 spiro atoms. The highest BCUT2D eigenvalue weighted by molar-refractivity contribution is 9.10. The van der Waals surface area contributed by atoms with Crippen molar-refractivity contribution in [2.24, 2.45) is 0 Å². The lowest BCUT2D eigenvalue weighted by Gasteiger charge is -2.30. The van der Waals surface area contributed by atoms with Gasteiger partial charge in [0.2, 0.25) is 5.91 Å². The summed E-state index contributed by atoms with van der Waals surface area (Å²) in [5, 5.41) is 14.6. The molecule has 0 saturated heterocycles. The number of halogens is 1. The van der Waals surface area contributed by atoms with Crippen molar-refractivity contribution in [2.45, 2.75) is 56.1 Å². The van der Waals surface area contributed by atoms with Crippen LogP contribution in [-0.2, 0) is 22.6 Å². The largest absolute Gasteiger partial charge is 0.370 e. The molecule has 0 aliphatic carbocycles. The van der Waals surface area contributed by atoms with Crippen LogP contribution in [0, 0.1) is 0 Å². The number of ether oxygens (including phenoxy) is 1. The molecule has 3 aromatic heterocycles. The third kappa shape index (κ3) is 4.86. The lowest BCUT2D eigenvalue weighted by atomic mass is 9.94. The van der Waals surface area contributed by atoms with E-state index in [-0.39, 0.29) is 17.3 Å². The number of amides is 1. The zero-order chi connectivity index (χ0) is 23.9. The maximum absolute atomic E-state index is 12.6. The average molecular weight is 579 g/mol. The Balaban J connectivity index is 1.48. The first-order chi connectivity index (χ1) is 16.3. The molecular formula is C23H24BrN5O2S3. The smallest absolute Gasteiger partial charge is 0.234 e. The van der Waals surface area contributed by atoms with Gasteiger partial charge in [-0.25, -0.2) is 9.38 Å². The van der Waals surface area contributed by atoms with Crippen molar-refractivity contribution in [3.05, 3.63) is 39.2 Å². The van der Waals surface area contributed by atoms with Gasteiger partial charge < -0.3 is 10.1 Å². The third-order valence-electron chi connectivity index (χ3n) is 5.41. The molecule has 0 fully saturated rings. The van der Waals surface area contributed by atoms with Crippen LogP contribution in [0.25, 0.3) is 15.9 Å². The van der Waals surface area contributed by atoms with Gasteiger partial charge in [-0.05, 0) is 50.1 Å². The molecule has 34 heavy (non-hydrogen) atoms. The first-order valence-electron chi connectivity index (χ1n) is 11.0. The van der Waals surface area contributed by atoms with E-state index < -0.39 is 0 Å². The molecule has 0 unspecified atom stereocenters. The molecule has 4 heterocycles. The lowest BCUT2D eigenvalue weighted by Crippen LogP contribution is -2.31. The molecule has 178 valence electrons. The highest BCUT2D eigenvalue weighted by Gasteiger charge is 2.31. The number of benzene rings is 1. The second-order valence-corrected chi connectivity index (χ2v) is 12.6. The van der Waals surface area contributed by atoms with Gasteiger partial charge in [0.05, 0.1) is 23.3 Å². The number of nitrogens with one attached hydrogen (secondary N) is 1. The van der Waals surface area contributed by atoms with Crippen LogP contribution in [0.15, 0.2) is 39.1 Å². The molecule has 0 saturated carbocycles. The Morgan fingerprint density at radius 3 is 2.79 bits per heavy atom. The van der Waals surface area contributed by atoms with Crippen LogP contribution < -0.4 is 5.32 Å². The summed E-state index contributed by atoms with van der Waals surface area (Å²) in [6, 6.07) is 7.53. The number of anilines is 1. The predicted octanol–water partition coefficient (Wildman–Crippen LogP) is 6.19. The van der Waals surface area contributed by atoms with Crippen molar-refractivity contribution in [2.75, 3.05) is 16.8 Å². The summed E-state index contributed by atoms with van der Waals surface area (Å²) >= 11 is 8.17. The van der Waals surface area contributed by atoms with Gasteiger partial charge in [0.1, 0.15) is 4.83 Å². The second-order valence-electron chi connectivity index (χ2n) is 8.64. The number of carbonyl (C=O) groups excluding carboxylic acids is 1. The Bertz CT molecular complexity index is 1370. The molecule has 1 N–H and O–H groups in total. The van der Waals surface area contributed by atoms with Crippen LogP contribution in [-0.4, -0.2) is 42.6 Å². The lowest BCUT2D eigenvalue weighted by molar-refractivity contribution is -0.113. The summed E-state index contributed by atoms with van der Waals surface area (Å²) < 4.78 is 9.03. The van der Waals surface area contributed by atoms with E-state index in [4.69, 9.17) is 9.72 Å². The van der Waals surface area contributed by atoms with Crippen LogP contribution in [0.1, 0.15) is 37.6 Å². The Morgan fingerprint density at radius 1 is 1.24 bits per heavy atom. The zero-order valence-electron chi connectivity index (χ0n) is 19.1. The molecule has 5 rings (SSSR count). The first kappa shape index (κ1) is 24.1. The summed E-state index contributed by atoms with van der Waals surface area (Å²) in [4.78, 5) is 19.8. The fourth-order valence-corrected chi connectivity index (χ4v) is 6.89. The van der Waals surface area contributed by atoms with Crippen molar-refractivity contribution >= 4 is 78.2 Å². The number of thioether (sulfide) groups is 2. The van der Waals surface area contributed by atoms with Gasteiger partial charge in [-0.2, -0.15) is 0 Å². The normalized spacial score (nSPS) is 15.1. The highest BCUT2D eigenvalue weighted by Crippen LogP contribution is 2.41. The minimum atomic E-state index is -0.226. The molecule has 1 aliphatic rings. The minimum absolute atomic E-state index is 0.0901. The molecular weight excluding hydrogens is 554 g/mol. The number of rotatable bonds is 7. The number of carbonyl (C=O) groups is 1.